The van der Waals surface area contributed by atoms with Crippen LogP contribution in [0, 0.1) is 13.8 Å². The van der Waals surface area contributed by atoms with E-state index in [1.165, 1.54) is 4.88 Å². The second kappa shape index (κ2) is 7.02. The summed E-state index contributed by atoms with van der Waals surface area (Å²) in [6, 6.07) is 7.95. The summed E-state index contributed by atoms with van der Waals surface area (Å²) in [6.07, 6.45) is -0.479. The van der Waals surface area contributed by atoms with Crippen molar-refractivity contribution in [3.05, 3.63) is 46.0 Å². The maximum absolute atomic E-state index is 10.3. The van der Waals surface area contributed by atoms with Crippen LogP contribution in [-0.4, -0.2) is 30.7 Å². The minimum Gasteiger partial charge on any atom is -0.387 e. The van der Waals surface area contributed by atoms with Gasteiger partial charge in [-0.15, -0.1) is 11.3 Å². The van der Waals surface area contributed by atoms with Gasteiger partial charge in [0.2, 0.25) is 0 Å². The van der Waals surface area contributed by atoms with Crippen LogP contribution in [0.15, 0.2) is 24.3 Å². The molecular weight excluding hydrogens is 282 g/mol. The number of aryl methyl sites for hydroxylation is 2. The SMILES string of the molecule is Cc1ccccc1C(O)CNCc1sc(N(C)C)nc1C. The summed E-state index contributed by atoms with van der Waals surface area (Å²) in [7, 11) is 3.99. The van der Waals surface area contributed by atoms with Crippen molar-refractivity contribution in [1.82, 2.24) is 10.3 Å². The predicted octanol–water partition coefficient (Wildman–Crippen LogP) is 2.65. The highest BCUT2D eigenvalue weighted by molar-refractivity contribution is 7.15. The van der Waals surface area contributed by atoms with Crippen LogP contribution in [0.25, 0.3) is 0 Å². The van der Waals surface area contributed by atoms with Gasteiger partial charge in [-0.3, -0.25) is 0 Å². The molecule has 0 spiro atoms. The van der Waals surface area contributed by atoms with Crippen molar-refractivity contribution in [3.8, 4) is 0 Å². The van der Waals surface area contributed by atoms with Crippen LogP contribution >= 0.6 is 11.3 Å². The normalized spacial score (nSPS) is 12.4. The van der Waals surface area contributed by atoms with Crippen LogP contribution < -0.4 is 10.2 Å². The molecule has 2 N–H and O–H groups in total. The lowest BCUT2D eigenvalue weighted by atomic mass is 10.0. The van der Waals surface area contributed by atoms with Gasteiger partial charge in [0.15, 0.2) is 5.13 Å². The number of aliphatic hydroxyl groups excluding tert-OH is 1. The van der Waals surface area contributed by atoms with E-state index < -0.39 is 6.10 Å². The number of nitrogens with one attached hydrogen (secondary N) is 1. The summed E-state index contributed by atoms with van der Waals surface area (Å²) in [5.74, 6) is 0. The lowest BCUT2D eigenvalue weighted by molar-refractivity contribution is 0.173. The third-order valence-electron chi connectivity index (χ3n) is 3.43. The summed E-state index contributed by atoms with van der Waals surface area (Å²) >= 11 is 1.69. The van der Waals surface area contributed by atoms with Gasteiger partial charge in [0.05, 0.1) is 11.8 Å². The van der Waals surface area contributed by atoms with Crippen LogP contribution in [0.5, 0.6) is 0 Å². The number of hydrogen-bond donors (Lipinski definition) is 2. The van der Waals surface area contributed by atoms with E-state index in [-0.39, 0.29) is 0 Å². The highest BCUT2D eigenvalue weighted by Gasteiger charge is 2.12. The van der Waals surface area contributed by atoms with Crippen molar-refractivity contribution in [2.45, 2.75) is 26.5 Å². The van der Waals surface area contributed by atoms with Crippen molar-refractivity contribution in [2.24, 2.45) is 0 Å². The minimum atomic E-state index is -0.479. The average molecular weight is 305 g/mol. The van der Waals surface area contributed by atoms with Crippen LogP contribution in [0.1, 0.15) is 27.8 Å². The molecule has 4 nitrogen and oxygen atoms in total. The Labute approximate surface area is 130 Å². The van der Waals surface area contributed by atoms with Crippen molar-refractivity contribution in [3.63, 3.8) is 0 Å². The smallest absolute Gasteiger partial charge is 0.185 e. The Kier molecular flexibility index (Phi) is 5.33. The molecule has 5 heteroatoms. The third kappa shape index (κ3) is 4.03. The molecule has 2 rings (SSSR count). The van der Waals surface area contributed by atoms with E-state index in [9.17, 15) is 5.11 Å². The molecule has 1 aromatic carbocycles. The zero-order valence-corrected chi connectivity index (χ0v) is 13.9. The molecule has 0 aliphatic heterocycles. The van der Waals surface area contributed by atoms with Crippen molar-refractivity contribution in [1.29, 1.82) is 0 Å². The molecule has 0 bridgehead atoms. The number of nitrogens with zero attached hydrogens (tertiary/aromatic N) is 2. The van der Waals surface area contributed by atoms with E-state index in [2.05, 4.69) is 10.3 Å². The van der Waals surface area contributed by atoms with Gasteiger partial charge in [0.1, 0.15) is 0 Å². The molecule has 0 fully saturated rings. The Morgan fingerprint density at radius 2 is 2.00 bits per heavy atom. The Morgan fingerprint density at radius 1 is 1.29 bits per heavy atom. The first-order chi connectivity index (χ1) is 9.99. The molecular formula is C16H23N3OS. The summed E-state index contributed by atoms with van der Waals surface area (Å²) in [5.41, 5.74) is 3.16. The van der Waals surface area contributed by atoms with E-state index in [0.29, 0.717) is 6.54 Å². The Bertz CT molecular complexity index is 595. The molecule has 1 heterocycles. The fourth-order valence-electron chi connectivity index (χ4n) is 2.16. The van der Waals surface area contributed by atoms with Gasteiger partial charge in [-0.25, -0.2) is 4.98 Å². The lowest BCUT2D eigenvalue weighted by Crippen LogP contribution is -2.21. The topological polar surface area (TPSA) is 48.4 Å². The highest BCUT2D eigenvalue weighted by Crippen LogP contribution is 2.24. The van der Waals surface area contributed by atoms with Gasteiger partial charge in [-0.2, -0.15) is 0 Å². The van der Waals surface area contributed by atoms with Gasteiger partial charge < -0.3 is 15.3 Å². The zero-order chi connectivity index (χ0) is 15.4. The molecule has 0 amide bonds. The molecule has 1 aromatic heterocycles. The number of benzene rings is 1. The number of aromatic nitrogens is 1. The fraction of sp³-hybridized carbons (Fsp3) is 0.438. The van der Waals surface area contributed by atoms with Crippen molar-refractivity contribution < 1.29 is 5.11 Å². The number of thiazole rings is 1. The van der Waals surface area contributed by atoms with Gasteiger partial charge in [-0.1, -0.05) is 24.3 Å². The second-order valence-electron chi connectivity index (χ2n) is 5.40. The van der Waals surface area contributed by atoms with Crippen molar-refractivity contribution >= 4 is 16.5 Å². The van der Waals surface area contributed by atoms with Crippen LogP contribution in [-0.2, 0) is 6.54 Å². The van der Waals surface area contributed by atoms with Gasteiger partial charge >= 0.3 is 0 Å². The summed E-state index contributed by atoms with van der Waals surface area (Å²) in [4.78, 5) is 7.76. The summed E-state index contributed by atoms with van der Waals surface area (Å²) in [5, 5.41) is 14.6. The summed E-state index contributed by atoms with van der Waals surface area (Å²) < 4.78 is 0. The molecule has 21 heavy (non-hydrogen) atoms. The maximum Gasteiger partial charge on any atom is 0.185 e. The average Bonchev–Trinajstić information content (AvgIpc) is 2.81. The monoisotopic (exact) mass is 305 g/mol. The van der Waals surface area contributed by atoms with Crippen LogP contribution in [0.2, 0.25) is 0 Å². The van der Waals surface area contributed by atoms with Crippen LogP contribution in [0.4, 0.5) is 5.13 Å². The first-order valence-corrected chi connectivity index (χ1v) is 7.88. The predicted molar refractivity (Wildman–Crippen MR) is 89.0 cm³/mol. The fourth-order valence-corrected chi connectivity index (χ4v) is 3.11. The molecule has 1 unspecified atom stereocenters. The van der Waals surface area contributed by atoms with E-state index in [4.69, 9.17) is 0 Å². The molecule has 0 saturated carbocycles. The Morgan fingerprint density at radius 3 is 2.62 bits per heavy atom. The molecule has 114 valence electrons. The molecule has 0 aliphatic rings. The first kappa shape index (κ1) is 15.9. The zero-order valence-electron chi connectivity index (χ0n) is 13.1. The van der Waals surface area contributed by atoms with E-state index in [0.717, 1.165) is 28.5 Å². The molecule has 1 atom stereocenters. The highest BCUT2D eigenvalue weighted by atomic mass is 32.1. The quantitative estimate of drug-likeness (QED) is 0.861. The standard InChI is InChI=1S/C16H23N3OS/c1-11-7-5-6-8-13(11)14(20)9-17-10-15-12(2)18-16(21-15)19(3)4/h5-8,14,17,20H,9-10H2,1-4H3. The number of hydrogen-bond acceptors (Lipinski definition) is 5. The van der Waals surface area contributed by atoms with E-state index in [1.54, 1.807) is 11.3 Å². The largest absolute Gasteiger partial charge is 0.387 e. The van der Waals surface area contributed by atoms with Crippen molar-refractivity contribution in [2.75, 3.05) is 25.5 Å². The molecule has 0 radical (unpaired) electrons. The minimum absolute atomic E-state index is 0.479. The van der Waals surface area contributed by atoms with Gasteiger partial charge in [-0.05, 0) is 25.0 Å². The van der Waals surface area contributed by atoms with Gasteiger partial charge in [0.25, 0.3) is 0 Å². The lowest BCUT2D eigenvalue weighted by Gasteiger charge is -2.14. The van der Waals surface area contributed by atoms with E-state index >= 15 is 0 Å². The maximum atomic E-state index is 10.3. The second-order valence-corrected chi connectivity index (χ2v) is 6.46. The van der Waals surface area contributed by atoms with E-state index in [1.807, 2.05) is 57.1 Å². The first-order valence-electron chi connectivity index (χ1n) is 7.07. The summed E-state index contributed by atoms with van der Waals surface area (Å²) in [6.45, 7) is 5.33. The Hall–Kier alpha value is -1.43. The molecule has 0 aliphatic carbocycles. The Balaban J connectivity index is 1.91. The number of rotatable bonds is 6. The van der Waals surface area contributed by atoms with Crippen LogP contribution in [0.3, 0.4) is 0 Å². The third-order valence-corrected chi connectivity index (χ3v) is 4.76. The van der Waals surface area contributed by atoms with Gasteiger partial charge in [0, 0.05) is 32.1 Å². The number of anilines is 1. The molecule has 2 aromatic rings. The molecule has 0 saturated heterocycles. The number of aliphatic hydroxyl groups is 1.